The number of hydrogen-bond donors (Lipinski definition) is 1. The van der Waals surface area contributed by atoms with E-state index in [0.717, 1.165) is 0 Å². The molecule has 1 aromatic carbocycles. The van der Waals surface area contributed by atoms with Crippen molar-refractivity contribution < 1.29 is 23.5 Å². The molecule has 3 rings (SSSR count). The zero-order chi connectivity index (χ0) is 18.1. The van der Waals surface area contributed by atoms with E-state index < -0.39 is 5.97 Å². The normalized spacial score (nSPS) is 11.2. The second kappa shape index (κ2) is 6.60. The molecule has 8 heteroatoms. The van der Waals surface area contributed by atoms with Crippen LogP contribution in [0, 0.1) is 0 Å². The predicted molar refractivity (Wildman–Crippen MR) is 89.7 cm³/mol. The van der Waals surface area contributed by atoms with Crippen molar-refractivity contribution in [3.8, 4) is 0 Å². The molecule has 0 bridgehead atoms. The van der Waals surface area contributed by atoms with Crippen LogP contribution in [0.2, 0.25) is 5.35 Å². The molecule has 0 atom stereocenters. The number of furan rings is 1. The third-order valence-corrected chi connectivity index (χ3v) is 3.85. The van der Waals surface area contributed by atoms with E-state index in [1.165, 1.54) is 6.07 Å². The quantitative estimate of drug-likeness (QED) is 0.741. The van der Waals surface area contributed by atoms with Gasteiger partial charge in [-0.15, -0.1) is 0 Å². The van der Waals surface area contributed by atoms with Crippen molar-refractivity contribution in [2.45, 2.75) is 26.4 Å². The molecule has 0 fully saturated rings. The van der Waals surface area contributed by atoms with E-state index in [2.05, 4.69) is 4.98 Å². The number of halogens is 1. The first-order valence-electron chi connectivity index (χ1n) is 7.54. The molecule has 0 aliphatic carbocycles. The molecule has 3 aromatic rings. The first kappa shape index (κ1) is 17.0. The van der Waals surface area contributed by atoms with E-state index in [0.29, 0.717) is 22.4 Å². The summed E-state index contributed by atoms with van der Waals surface area (Å²) in [5.41, 5.74) is 1.41. The molecule has 1 N–H and O–H groups in total. The van der Waals surface area contributed by atoms with E-state index in [9.17, 15) is 9.59 Å². The SMILES string of the molecule is CC(C)N(Cc1ccc(C(=O)O)o1)C(=O)c1ccc2oc(Cl)nc2c1. The lowest BCUT2D eigenvalue weighted by Crippen LogP contribution is -2.36. The molecule has 0 unspecified atom stereocenters. The van der Waals surface area contributed by atoms with Crippen LogP contribution in [0.1, 0.15) is 40.5 Å². The average molecular weight is 363 g/mol. The number of carbonyl (C=O) groups excluding carboxylic acids is 1. The molecule has 130 valence electrons. The maximum absolute atomic E-state index is 12.9. The summed E-state index contributed by atoms with van der Waals surface area (Å²) >= 11 is 5.73. The number of aromatic nitrogens is 1. The van der Waals surface area contributed by atoms with Gasteiger partial charge in [-0.05, 0) is 55.8 Å². The van der Waals surface area contributed by atoms with E-state index in [-0.39, 0.29) is 29.6 Å². The minimum absolute atomic E-state index is 0.0112. The van der Waals surface area contributed by atoms with Crippen LogP contribution >= 0.6 is 11.6 Å². The molecule has 2 heterocycles. The van der Waals surface area contributed by atoms with Crippen molar-refractivity contribution >= 4 is 34.6 Å². The van der Waals surface area contributed by atoms with Gasteiger partial charge in [0.15, 0.2) is 5.58 Å². The van der Waals surface area contributed by atoms with Gasteiger partial charge in [-0.2, -0.15) is 4.98 Å². The van der Waals surface area contributed by atoms with Crippen LogP contribution in [0.15, 0.2) is 39.2 Å². The molecule has 7 nitrogen and oxygen atoms in total. The highest BCUT2D eigenvalue weighted by atomic mass is 35.5. The summed E-state index contributed by atoms with van der Waals surface area (Å²) in [6, 6.07) is 7.66. The molecule has 2 aromatic heterocycles. The van der Waals surface area contributed by atoms with Gasteiger partial charge in [0.2, 0.25) is 5.76 Å². The number of carboxylic acid groups (broad SMARTS) is 1. The van der Waals surface area contributed by atoms with Crippen molar-refractivity contribution in [3.05, 3.63) is 52.8 Å². The second-order valence-electron chi connectivity index (χ2n) is 5.75. The molecule has 0 saturated heterocycles. The van der Waals surface area contributed by atoms with Crippen molar-refractivity contribution in [1.29, 1.82) is 0 Å². The lowest BCUT2D eigenvalue weighted by molar-refractivity contribution is 0.0648. The number of fused-ring (bicyclic) bond motifs is 1. The van der Waals surface area contributed by atoms with Gasteiger partial charge >= 0.3 is 5.97 Å². The molecule has 0 radical (unpaired) electrons. The molecule has 0 aliphatic rings. The summed E-state index contributed by atoms with van der Waals surface area (Å²) in [5.74, 6) is -1.15. The predicted octanol–water partition coefficient (Wildman–Crippen LogP) is 3.82. The molecule has 1 amide bonds. The summed E-state index contributed by atoms with van der Waals surface area (Å²) in [4.78, 5) is 29.4. The number of aromatic carboxylic acids is 1. The van der Waals surface area contributed by atoms with Crippen LogP contribution in [-0.4, -0.2) is 32.9 Å². The summed E-state index contributed by atoms with van der Waals surface area (Å²) in [5, 5.41) is 8.94. The zero-order valence-corrected chi connectivity index (χ0v) is 14.3. The van der Waals surface area contributed by atoms with Crippen molar-refractivity contribution in [2.24, 2.45) is 0 Å². The largest absolute Gasteiger partial charge is 0.475 e. The monoisotopic (exact) mass is 362 g/mol. The number of carboxylic acids is 1. The Bertz CT molecular complexity index is 944. The van der Waals surface area contributed by atoms with E-state index >= 15 is 0 Å². The fraction of sp³-hybridized carbons (Fsp3) is 0.235. The summed E-state index contributed by atoms with van der Waals surface area (Å²) < 4.78 is 10.4. The highest BCUT2D eigenvalue weighted by Crippen LogP contribution is 2.22. The first-order valence-corrected chi connectivity index (χ1v) is 7.92. The van der Waals surface area contributed by atoms with Gasteiger partial charge in [-0.25, -0.2) is 4.79 Å². The number of rotatable bonds is 5. The molecular formula is C17H15ClN2O5. The second-order valence-corrected chi connectivity index (χ2v) is 6.07. The molecule has 0 spiro atoms. The number of amides is 1. The number of nitrogens with zero attached hydrogens (tertiary/aromatic N) is 2. The lowest BCUT2D eigenvalue weighted by Gasteiger charge is -2.26. The first-order chi connectivity index (χ1) is 11.8. The van der Waals surface area contributed by atoms with Gasteiger partial charge in [-0.3, -0.25) is 4.79 Å². The summed E-state index contributed by atoms with van der Waals surface area (Å²) in [6.45, 7) is 3.89. The Kier molecular flexibility index (Phi) is 4.50. The maximum atomic E-state index is 12.9. The number of oxazole rings is 1. The number of hydrogen-bond acceptors (Lipinski definition) is 5. The van der Waals surface area contributed by atoms with Gasteiger partial charge in [0, 0.05) is 11.6 Å². The molecule has 0 saturated carbocycles. The van der Waals surface area contributed by atoms with Crippen LogP contribution < -0.4 is 0 Å². The smallest absolute Gasteiger partial charge is 0.371 e. The molecule has 0 aliphatic heterocycles. The fourth-order valence-electron chi connectivity index (χ4n) is 2.43. The van der Waals surface area contributed by atoms with E-state index in [1.54, 1.807) is 29.2 Å². The maximum Gasteiger partial charge on any atom is 0.371 e. The van der Waals surface area contributed by atoms with Crippen LogP contribution in [0.4, 0.5) is 0 Å². The highest BCUT2D eigenvalue weighted by molar-refractivity contribution is 6.28. The van der Waals surface area contributed by atoms with Crippen LogP contribution in [0.5, 0.6) is 0 Å². The zero-order valence-electron chi connectivity index (χ0n) is 13.5. The summed E-state index contributed by atoms with van der Waals surface area (Å²) in [7, 11) is 0. The van der Waals surface area contributed by atoms with E-state index in [1.807, 2.05) is 13.8 Å². The minimum atomic E-state index is -1.15. The minimum Gasteiger partial charge on any atom is -0.475 e. The van der Waals surface area contributed by atoms with Gasteiger partial charge in [0.25, 0.3) is 11.3 Å². The highest BCUT2D eigenvalue weighted by Gasteiger charge is 2.22. The van der Waals surface area contributed by atoms with Gasteiger partial charge in [-0.1, -0.05) is 0 Å². The lowest BCUT2D eigenvalue weighted by atomic mass is 10.1. The third-order valence-electron chi connectivity index (χ3n) is 3.69. The van der Waals surface area contributed by atoms with E-state index in [4.69, 9.17) is 25.5 Å². The van der Waals surface area contributed by atoms with Crippen LogP contribution in [0.3, 0.4) is 0 Å². The van der Waals surface area contributed by atoms with Gasteiger partial charge < -0.3 is 18.8 Å². The Morgan fingerprint density at radius 3 is 2.64 bits per heavy atom. The Hall–Kier alpha value is -2.80. The van der Waals surface area contributed by atoms with Crippen LogP contribution in [-0.2, 0) is 6.54 Å². The number of carbonyl (C=O) groups is 2. The standard InChI is InChI=1S/C17H15ClN2O5/c1-9(2)20(8-11-4-6-14(24-11)16(22)23)15(21)10-3-5-13-12(7-10)19-17(18)25-13/h3-7,9H,8H2,1-2H3,(H,22,23). The topological polar surface area (TPSA) is 96.8 Å². The third kappa shape index (κ3) is 3.51. The average Bonchev–Trinajstić information content (AvgIpc) is 3.16. The van der Waals surface area contributed by atoms with Gasteiger partial charge in [0.05, 0.1) is 6.54 Å². The van der Waals surface area contributed by atoms with Crippen molar-refractivity contribution in [1.82, 2.24) is 9.88 Å². The Labute approximate surface area is 147 Å². The number of benzene rings is 1. The van der Waals surface area contributed by atoms with Gasteiger partial charge in [0.1, 0.15) is 11.3 Å². The molecule has 25 heavy (non-hydrogen) atoms. The molecular weight excluding hydrogens is 348 g/mol. The fourth-order valence-corrected chi connectivity index (χ4v) is 2.61. The van der Waals surface area contributed by atoms with Crippen molar-refractivity contribution in [2.75, 3.05) is 0 Å². The Morgan fingerprint density at radius 1 is 1.24 bits per heavy atom. The Balaban J connectivity index is 1.87. The van der Waals surface area contributed by atoms with Crippen molar-refractivity contribution in [3.63, 3.8) is 0 Å². The Morgan fingerprint density at radius 2 is 2.00 bits per heavy atom. The van der Waals surface area contributed by atoms with Crippen LogP contribution in [0.25, 0.3) is 11.1 Å². The summed E-state index contributed by atoms with van der Waals surface area (Å²) in [6.07, 6.45) is 0.